The predicted octanol–water partition coefficient (Wildman–Crippen LogP) is 2.40. The van der Waals surface area contributed by atoms with Crippen molar-refractivity contribution in [1.82, 2.24) is 19.5 Å². The number of rotatable bonds is 1. The second-order valence-corrected chi connectivity index (χ2v) is 3.82. The number of hydrogen-bond acceptors (Lipinski definition) is 3. The van der Waals surface area contributed by atoms with Crippen molar-refractivity contribution in [1.29, 1.82) is 0 Å². The minimum atomic E-state index is 0.242. The second-order valence-electron chi connectivity index (χ2n) is 3.48. The fourth-order valence-electron chi connectivity index (χ4n) is 1.66. The standard InChI is InChI=1S/C11H7ClN4/c1-7-5-14-11(12)15-10(7)8-6-13-9-3-2-4-16(8)9/h3-6H,1H3. The zero-order valence-electron chi connectivity index (χ0n) is 8.48. The molecule has 0 bridgehead atoms. The zero-order chi connectivity index (χ0) is 11.1. The molecular weight excluding hydrogens is 224 g/mol. The third-order valence-corrected chi connectivity index (χ3v) is 2.61. The fraction of sp³-hybridized carbons (Fsp3) is 0.0909. The summed E-state index contributed by atoms with van der Waals surface area (Å²) >= 11 is 5.80. The Balaban J connectivity index is 2.23. The first-order valence-electron chi connectivity index (χ1n) is 4.75. The molecule has 0 fully saturated rings. The molecule has 0 aliphatic carbocycles. The van der Waals surface area contributed by atoms with Crippen molar-refractivity contribution in [2.45, 2.75) is 6.92 Å². The summed E-state index contributed by atoms with van der Waals surface area (Å²) in [5, 5.41) is 0.242. The molecule has 0 unspecified atom stereocenters. The Morgan fingerprint density at radius 2 is 2.19 bits per heavy atom. The summed E-state index contributed by atoms with van der Waals surface area (Å²) in [5.74, 6) is 0.851. The smallest absolute Gasteiger partial charge is 0.222 e. The largest absolute Gasteiger partial charge is 0.290 e. The van der Waals surface area contributed by atoms with E-state index in [1.54, 1.807) is 12.4 Å². The van der Waals surface area contributed by atoms with Crippen molar-refractivity contribution in [3.8, 4) is 11.4 Å². The van der Waals surface area contributed by atoms with E-state index in [0.717, 1.165) is 22.8 Å². The molecule has 5 heteroatoms. The Kier molecular flexibility index (Phi) is 1.93. The van der Waals surface area contributed by atoms with Crippen LogP contribution in [0.3, 0.4) is 0 Å². The monoisotopic (exact) mass is 230 g/mol. The Labute approximate surface area is 96.9 Å². The average Bonchev–Trinajstić information content (AvgIpc) is 2.83. The molecule has 0 amide bonds. The zero-order valence-corrected chi connectivity index (χ0v) is 9.23. The topological polar surface area (TPSA) is 43.6 Å². The molecule has 3 rings (SSSR count). The highest BCUT2D eigenvalue weighted by molar-refractivity contribution is 6.28. The lowest BCUT2D eigenvalue weighted by atomic mass is 10.2. The van der Waals surface area contributed by atoms with Gasteiger partial charge in [0.15, 0.2) is 0 Å². The van der Waals surface area contributed by atoms with Crippen LogP contribution in [0.25, 0.3) is 23.7 Å². The Hall–Kier alpha value is -1.90. The molecular formula is C11H7ClN4. The van der Waals surface area contributed by atoms with Crippen molar-refractivity contribution in [3.63, 3.8) is 0 Å². The number of nitrogens with zero attached hydrogens (tertiary/aromatic N) is 4. The molecule has 78 valence electrons. The van der Waals surface area contributed by atoms with E-state index in [4.69, 9.17) is 11.6 Å². The molecule has 0 N–H and O–H groups in total. The van der Waals surface area contributed by atoms with Gasteiger partial charge in [0.05, 0.1) is 23.8 Å². The van der Waals surface area contributed by atoms with E-state index < -0.39 is 0 Å². The highest BCUT2D eigenvalue weighted by atomic mass is 35.5. The van der Waals surface area contributed by atoms with E-state index in [9.17, 15) is 0 Å². The normalized spacial score (nSPS) is 12.1. The molecule has 1 aliphatic heterocycles. The second kappa shape index (κ2) is 3.30. The summed E-state index contributed by atoms with van der Waals surface area (Å²) in [6.07, 6.45) is 7.13. The van der Waals surface area contributed by atoms with Gasteiger partial charge in [-0.3, -0.25) is 4.57 Å². The summed E-state index contributed by atoms with van der Waals surface area (Å²) in [6, 6.07) is 0. The Morgan fingerprint density at radius 3 is 3.06 bits per heavy atom. The molecule has 0 aromatic carbocycles. The van der Waals surface area contributed by atoms with E-state index in [0.29, 0.717) is 0 Å². The van der Waals surface area contributed by atoms with Gasteiger partial charge in [-0.05, 0) is 24.1 Å². The molecule has 2 aromatic heterocycles. The summed E-state index contributed by atoms with van der Waals surface area (Å²) < 4.78 is 1.92. The maximum atomic E-state index is 5.80. The van der Waals surface area contributed by atoms with Gasteiger partial charge in [0.1, 0.15) is 5.82 Å². The number of imidazole rings is 1. The van der Waals surface area contributed by atoms with E-state index in [-0.39, 0.29) is 5.28 Å². The minimum Gasteiger partial charge on any atom is -0.290 e. The summed E-state index contributed by atoms with van der Waals surface area (Å²) in [4.78, 5) is 12.4. The molecule has 0 saturated heterocycles. The van der Waals surface area contributed by atoms with Gasteiger partial charge in [-0.25, -0.2) is 15.0 Å². The van der Waals surface area contributed by atoms with Gasteiger partial charge in [-0.15, -0.1) is 0 Å². The predicted molar refractivity (Wildman–Crippen MR) is 61.7 cm³/mol. The van der Waals surface area contributed by atoms with Crippen LogP contribution in [0, 0.1) is 6.92 Å². The van der Waals surface area contributed by atoms with Crippen molar-refractivity contribution in [2.24, 2.45) is 0 Å². The van der Waals surface area contributed by atoms with Gasteiger partial charge < -0.3 is 0 Å². The van der Waals surface area contributed by atoms with Crippen LogP contribution in [-0.4, -0.2) is 19.5 Å². The lowest BCUT2D eigenvalue weighted by Crippen LogP contribution is -1.96. The van der Waals surface area contributed by atoms with E-state index in [1.165, 1.54) is 0 Å². The summed E-state index contributed by atoms with van der Waals surface area (Å²) in [5.41, 5.74) is 5.65. The molecule has 0 radical (unpaired) electrons. The fourth-order valence-corrected chi connectivity index (χ4v) is 1.79. The van der Waals surface area contributed by atoms with Crippen molar-refractivity contribution in [3.05, 3.63) is 34.8 Å². The SMILES string of the molecule is Cc1cnc(Cl)nc1-c1cnc2n1C=C=C2. The molecule has 0 saturated carbocycles. The van der Waals surface area contributed by atoms with Crippen molar-refractivity contribution >= 4 is 23.9 Å². The van der Waals surface area contributed by atoms with Gasteiger partial charge in [-0.1, -0.05) is 5.73 Å². The van der Waals surface area contributed by atoms with Crippen molar-refractivity contribution < 1.29 is 0 Å². The van der Waals surface area contributed by atoms with Crippen LogP contribution in [0.15, 0.2) is 18.1 Å². The highest BCUT2D eigenvalue weighted by Gasteiger charge is 2.14. The number of hydrogen-bond donors (Lipinski definition) is 0. The first-order valence-corrected chi connectivity index (χ1v) is 5.13. The summed E-state index contributed by atoms with van der Waals surface area (Å²) in [6.45, 7) is 1.94. The van der Waals surface area contributed by atoms with Crippen LogP contribution in [0.5, 0.6) is 0 Å². The highest BCUT2D eigenvalue weighted by Crippen LogP contribution is 2.25. The third-order valence-electron chi connectivity index (χ3n) is 2.43. The lowest BCUT2D eigenvalue weighted by molar-refractivity contribution is 1.08. The number of fused-ring (bicyclic) bond motifs is 1. The van der Waals surface area contributed by atoms with Crippen LogP contribution in [-0.2, 0) is 0 Å². The van der Waals surface area contributed by atoms with Gasteiger partial charge in [0.25, 0.3) is 0 Å². The Morgan fingerprint density at radius 1 is 1.31 bits per heavy atom. The van der Waals surface area contributed by atoms with Crippen LogP contribution in [0.4, 0.5) is 0 Å². The third kappa shape index (κ3) is 1.28. The number of aryl methyl sites for hydroxylation is 1. The lowest BCUT2D eigenvalue weighted by Gasteiger charge is -2.05. The maximum absolute atomic E-state index is 5.80. The molecule has 3 heterocycles. The molecule has 16 heavy (non-hydrogen) atoms. The first kappa shape index (κ1) is 9.33. The first-order chi connectivity index (χ1) is 7.75. The average molecular weight is 231 g/mol. The van der Waals surface area contributed by atoms with E-state index in [2.05, 4.69) is 20.7 Å². The van der Waals surface area contributed by atoms with E-state index in [1.807, 2.05) is 23.8 Å². The molecule has 2 aromatic rings. The molecule has 4 nitrogen and oxygen atoms in total. The van der Waals surface area contributed by atoms with Crippen LogP contribution in [0.2, 0.25) is 5.28 Å². The van der Waals surface area contributed by atoms with Crippen LogP contribution >= 0.6 is 11.6 Å². The van der Waals surface area contributed by atoms with Crippen LogP contribution in [0.1, 0.15) is 11.4 Å². The summed E-state index contributed by atoms with van der Waals surface area (Å²) in [7, 11) is 0. The molecule has 1 aliphatic rings. The molecule has 0 spiro atoms. The number of aromatic nitrogens is 4. The van der Waals surface area contributed by atoms with E-state index >= 15 is 0 Å². The van der Waals surface area contributed by atoms with Gasteiger partial charge in [0, 0.05) is 12.3 Å². The minimum absolute atomic E-state index is 0.242. The van der Waals surface area contributed by atoms with Gasteiger partial charge in [0.2, 0.25) is 5.28 Å². The van der Waals surface area contributed by atoms with Gasteiger partial charge in [-0.2, -0.15) is 0 Å². The maximum Gasteiger partial charge on any atom is 0.222 e. The van der Waals surface area contributed by atoms with Crippen LogP contribution < -0.4 is 0 Å². The molecule has 0 atom stereocenters. The van der Waals surface area contributed by atoms with Gasteiger partial charge >= 0.3 is 0 Å². The number of halogens is 1. The Bertz CT molecular complexity index is 635. The van der Waals surface area contributed by atoms with Crippen molar-refractivity contribution in [2.75, 3.05) is 0 Å². The quantitative estimate of drug-likeness (QED) is 0.476.